The summed E-state index contributed by atoms with van der Waals surface area (Å²) in [6.07, 6.45) is 7.51. The Hall–Kier alpha value is -0.800. The first-order chi connectivity index (χ1) is 15.7. The van der Waals surface area contributed by atoms with Gasteiger partial charge in [0.05, 0.1) is 18.3 Å². The van der Waals surface area contributed by atoms with Gasteiger partial charge in [-0.3, -0.25) is 0 Å². The summed E-state index contributed by atoms with van der Waals surface area (Å²) in [5.74, 6) is 1.89. The Morgan fingerprint density at radius 2 is 1.55 bits per heavy atom. The maximum atomic E-state index is 10.7. The first-order valence-electron chi connectivity index (χ1n) is 12.0. The zero-order valence-electron chi connectivity index (χ0n) is 22.2. The number of hydrogen-bond donors (Lipinski definition) is 3. The molecule has 0 spiro atoms. The maximum Gasteiger partial charge on any atom is 0.180 e. The van der Waals surface area contributed by atoms with Crippen LogP contribution in [0.4, 0.5) is 0 Å². The highest BCUT2D eigenvalue weighted by molar-refractivity contribution is 5.12. The molecule has 0 bridgehead atoms. The molecule has 33 heavy (non-hydrogen) atoms. The summed E-state index contributed by atoms with van der Waals surface area (Å²) in [7, 11) is 7.45. The number of hydrogen-bond acceptors (Lipinski definition) is 7. The van der Waals surface area contributed by atoms with E-state index in [1.807, 2.05) is 12.2 Å². The van der Waals surface area contributed by atoms with Crippen LogP contribution in [0.25, 0.3) is 0 Å². The van der Waals surface area contributed by atoms with Crippen molar-refractivity contribution in [2.75, 3.05) is 35.5 Å². The fraction of sp³-hybridized carbons (Fsp3) is 0.846. The van der Waals surface area contributed by atoms with Gasteiger partial charge in [-0.05, 0) is 49.9 Å². The molecule has 1 aliphatic rings. The Morgan fingerprint density at radius 3 is 2.03 bits per heavy atom. The molecular weight excluding hydrogens is 424 g/mol. The van der Waals surface area contributed by atoms with Crippen LogP contribution >= 0.6 is 0 Å². The molecule has 1 rings (SSSR count). The average molecular weight is 475 g/mol. The van der Waals surface area contributed by atoms with Crippen molar-refractivity contribution in [3.05, 3.63) is 23.8 Å². The van der Waals surface area contributed by atoms with E-state index in [1.165, 1.54) is 7.11 Å². The molecule has 0 aromatic rings. The van der Waals surface area contributed by atoms with E-state index < -0.39 is 12.4 Å². The van der Waals surface area contributed by atoms with E-state index in [-0.39, 0.29) is 18.3 Å². The van der Waals surface area contributed by atoms with E-state index in [0.29, 0.717) is 36.5 Å². The van der Waals surface area contributed by atoms with Crippen LogP contribution in [0.1, 0.15) is 53.4 Å². The molecule has 0 aromatic heterocycles. The summed E-state index contributed by atoms with van der Waals surface area (Å²) < 4.78 is 21.4. The van der Waals surface area contributed by atoms with E-state index in [9.17, 15) is 10.2 Å². The van der Waals surface area contributed by atoms with Crippen LogP contribution in [-0.4, -0.2) is 81.6 Å². The van der Waals surface area contributed by atoms with Crippen molar-refractivity contribution >= 4 is 0 Å². The third-order valence-electron chi connectivity index (χ3n) is 7.00. The number of aliphatic hydroxyl groups excluding tert-OH is 3. The third kappa shape index (κ3) is 10.6. The molecule has 7 nitrogen and oxygen atoms in total. The summed E-state index contributed by atoms with van der Waals surface area (Å²) in [5, 5.41) is 27.5. The topological polar surface area (TPSA) is 97.6 Å². The average Bonchev–Trinajstić information content (AvgIpc) is 3.51. The Bertz CT molecular complexity index is 547. The van der Waals surface area contributed by atoms with Gasteiger partial charge >= 0.3 is 0 Å². The summed E-state index contributed by atoms with van der Waals surface area (Å²) in [5.41, 5.74) is 1.16. The lowest BCUT2D eigenvalue weighted by Gasteiger charge is -2.24. The van der Waals surface area contributed by atoms with Crippen molar-refractivity contribution in [2.45, 2.75) is 84.1 Å². The van der Waals surface area contributed by atoms with Crippen LogP contribution in [-0.2, 0) is 18.9 Å². The zero-order chi connectivity index (χ0) is 25.6. The van der Waals surface area contributed by atoms with E-state index in [1.54, 1.807) is 21.3 Å². The van der Waals surface area contributed by atoms with Gasteiger partial charge in [-0.2, -0.15) is 0 Å². The second kappa shape index (κ2) is 17.6. The highest BCUT2D eigenvalue weighted by Crippen LogP contribution is 2.54. The molecule has 1 saturated carbocycles. The molecular formula is C26H50O7. The van der Waals surface area contributed by atoms with Crippen molar-refractivity contribution in [1.29, 1.82) is 0 Å². The fourth-order valence-corrected chi connectivity index (χ4v) is 5.00. The molecule has 3 N–H and O–H groups in total. The van der Waals surface area contributed by atoms with Crippen molar-refractivity contribution in [1.82, 2.24) is 0 Å². The molecule has 0 heterocycles. The second-order valence-corrected chi connectivity index (χ2v) is 9.00. The normalized spacial score (nSPS) is 26.2. The molecule has 0 aliphatic heterocycles. The Kier molecular flexibility index (Phi) is 17.2. The first kappa shape index (κ1) is 32.2. The molecule has 9 atom stereocenters. The van der Waals surface area contributed by atoms with Gasteiger partial charge in [0, 0.05) is 42.0 Å². The minimum Gasteiger partial charge on any atom is -0.400 e. The van der Waals surface area contributed by atoms with Crippen molar-refractivity contribution in [3.63, 3.8) is 0 Å². The number of ether oxygens (including phenoxy) is 4. The maximum absolute atomic E-state index is 10.7. The predicted molar refractivity (Wildman–Crippen MR) is 132 cm³/mol. The minimum absolute atomic E-state index is 0.0770. The van der Waals surface area contributed by atoms with Gasteiger partial charge in [0.1, 0.15) is 6.10 Å². The summed E-state index contributed by atoms with van der Waals surface area (Å²) >= 11 is 0. The molecule has 0 radical (unpaired) electrons. The number of aliphatic hydroxyl groups is 3. The van der Waals surface area contributed by atoms with Gasteiger partial charge in [-0.15, -0.1) is 0 Å². The summed E-state index contributed by atoms with van der Waals surface area (Å²) in [4.78, 5) is 0. The minimum atomic E-state index is -0.971. The lowest BCUT2D eigenvalue weighted by atomic mass is 9.93. The number of allylic oxidation sites excluding steroid dienone is 2. The monoisotopic (exact) mass is 474 g/mol. The molecule has 0 saturated heterocycles. The highest BCUT2D eigenvalue weighted by atomic mass is 16.6. The van der Waals surface area contributed by atoms with Crippen LogP contribution in [0, 0.1) is 23.7 Å². The molecule has 1 fully saturated rings. The molecule has 1 aliphatic carbocycles. The van der Waals surface area contributed by atoms with Gasteiger partial charge in [-0.25, -0.2) is 0 Å². The van der Waals surface area contributed by atoms with E-state index >= 15 is 0 Å². The lowest BCUT2D eigenvalue weighted by molar-refractivity contribution is -0.164. The molecule has 8 unspecified atom stereocenters. The van der Waals surface area contributed by atoms with Crippen LogP contribution in [0.2, 0.25) is 0 Å². The number of rotatable bonds is 16. The Balaban J connectivity index is 0.00000497. The summed E-state index contributed by atoms with van der Waals surface area (Å²) in [6.45, 7) is 8.70. The van der Waals surface area contributed by atoms with Gasteiger partial charge in [0.2, 0.25) is 0 Å². The van der Waals surface area contributed by atoms with Crippen molar-refractivity contribution < 1.29 is 34.3 Å². The Labute approximate surface area is 201 Å². The third-order valence-corrected chi connectivity index (χ3v) is 7.00. The quantitative estimate of drug-likeness (QED) is 0.232. The first-order valence-corrected chi connectivity index (χ1v) is 12.0. The zero-order valence-corrected chi connectivity index (χ0v) is 22.2. The molecule has 0 amide bonds. The molecule has 196 valence electrons. The smallest absolute Gasteiger partial charge is 0.180 e. The van der Waals surface area contributed by atoms with Crippen molar-refractivity contribution in [3.8, 4) is 0 Å². The number of methoxy groups -OCH3 is 4. The summed E-state index contributed by atoms with van der Waals surface area (Å²) in [6, 6.07) is 0. The van der Waals surface area contributed by atoms with Gasteiger partial charge < -0.3 is 34.3 Å². The van der Waals surface area contributed by atoms with Crippen LogP contribution in [0.3, 0.4) is 0 Å². The van der Waals surface area contributed by atoms with Gasteiger partial charge in [0.15, 0.2) is 6.29 Å². The Morgan fingerprint density at radius 1 is 0.939 bits per heavy atom. The standard InChI is InChI=1S/C25H46O6.CH4O/c1-9-21(29-6)17(3)23-18(4)24(23)20(26)13-11-10-12-16(2)14-19(28-5)15-22(30-7)25(27)31-8;1-2/h10-12,17-27H,9,13-15H2,1-8H3;2H,1H3/b11-10+,16-12+;/t17?,18-,19?,20?,21?,22?,23?,24?,25?;/m1./s1. The van der Waals surface area contributed by atoms with Crippen LogP contribution in [0.5, 0.6) is 0 Å². The van der Waals surface area contributed by atoms with E-state index in [2.05, 4.69) is 33.8 Å². The van der Waals surface area contributed by atoms with Crippen molar-refractivity contribution in [2.24, 2.45) is 23.7 Å². The van der Waals surface area contributed by atoms with E-state index in [0.717, 1.165) is 25.5 Å². The highest BCUT2D eigenvalue weighted by Gasteiger charge is 2.54. The van der Waals surface area contributed by atoms with Crippen LogP contribution < -0.4 is 0 Å². The molecule has 7 heteroatoms. The second-order valence-electron chi connectivity index (χ2n) is 9.00. The SMILES string of the molecule is CCC(OC)C(C)C1C(C(O)C/C=C/C=C(\C)CC(CC(OC)C(O)OC)OC)[C@@H]1C.CO. The predicted octanol–water partition coefficient (Wildman–Crippen LogP) is 3.57. The fourth-order valence-electron chi connectivity index (χ4n) is 5.00. The lowest BCUT2D eigenvalue weighted by Crippen LogP contribution is -2.33. The van der Waals surface area contributed by atoms with Gasteiger partial charge in [-0.1, -0.05) is 44.6 Å². The largest absolute Gasteiger partial charge is 0.400 e. The van der Waals surface area contributed by atoms with Crippen LogP contribution in [0.15, 0.2) is 23.8 Å². The molecule has 0 aromatic carbocycles. The van der Waals surface area contributed by atoms with Gasteiger partial charge in [0.25, 0.3) is 0 Å². The van der Waals surface area contributed by atoms with E-state index in [4.69, 9.17) is 24.1 Å².